The van der Waals surface area contributed by atoms with Crippen LogP contribution in [0.1, 0.15) is 26.2 Å². The average Bonchev–Trinajstić information content (AvgIpc) is 2.19. The highest BCUT2D eigenvalue weighted by atomic mass is 16.5. The Morgan fingerprint density at radius 2 is 2.29 bits per heavy atom. The van der Waals surface area contributed by atoms with Crippen molar-refractivity contribution in [2.45, 2.75) is 32.2 Å². The normalized spacial score (nSPS) is 19.7. The molecule has 1 rings (SSSR count). The Labute approximate surface area is 84.2 Å². The van der Waals surface area contributed by atoms with Crippen molar-refractivity contribution in [3.63, 3.8) is 0 Å². The lowest BCUT2D eigenvalue weighted by Crippen LogP contribution is -2.40. The van der Waals surface area contributed by atoms with Crippen molar-refractivity contribution >= 4 is 5.91 Å². The number of rotatable bonds is 3. The van der Waals surface area contributed by atoms with Gasteiger partial charge >= 0.3 is 0 Å². The van der Waals surface area contributed by atoms with Gasteiger partial charge in [0.1, 0.15) is 6.42 Å². The van der Waals surface area contributed by atoms with Gasteiger partial charge in [-0.25, -0.2) is 0 Å². The van der Waals surface area contributed by atoms with Crippen LogP contribution in [0.5, 0.6) is 0 Å². The van der Waals surface area contributed by atoms with Crippen molar-refractivity contribution in [1.29, 1.82) is 5.26 Å². The summed E-state index contributed by atoms with van der Waals surface area (Å²) in [6.07, 6.45) is 1.94. The number of hydrogen-bond donors (Lipinski definition) is 1. The van der Waals surface area contributed by atoms with Crippen LogP contribution in [0.25, 0.3) is 0 Å². The first kappa shape index (κ1) is 11.0. The summed E-state index contributed by atoms with van der Waals surface area (Å²) < 4.78 is 5.24. The van der Waals surface area contributed by atoms with Crippen molar-refractivity contribution in [1.82, 2.24) is 5.32 Å². The molecule has 0 radical (unpaired) electrons. The maximum absolute atomic E-state index is 11.1. The van der Waals surface area contributed by atoms with E-state index in [-0.39, 0.29) is 18.4 Å². The molecule has 1 unspecified atom stereocenters. The lowest BCUT2D eigenvalue weighted by molar-refractivity contribution is -0.121. The predicted molar refractivity (Wildman–Crippen MR) is 51.4 cm³/mol. The van der Waals surface area contributed by atoms with E-state index in [0.29, 0.717) is 5.92 Å². The first-order valence-corrected chi connectivity index (χ1v) is 4.98. The summed E-state index contributed by atoms with van der Waals surface area (Å²) in [5.74, 6) is 0.317. The summed E-state index contributed by atoms with van der Waals surface area (Å²) in [7, 11) is 0. The van der Waals surface area contributed by atoms with E-state index in [9.17, 15) is 4.79 Å². The van der Waals surface area contributed by atoms with Gasteiger partial charge in [-0.15, -0.1) is 0 Å². The van der Waals surface area contributed by atoms with Crippen LogP contribution in [0, 0.1) is 17.2 Å². The van der Waals surface area contributed by atoms with Crippen molar-refractivity contribution < 1.29 is 9.53 Å². The molecule has 0 saturated carbocycles. The topological polar surface area (TPSA) is 62.1 Å². The molecule has 0 aromatic heterocycles. The molecule has 0 aliphatic carbocycles. The maximum Gasteiger partial charge on any atom is 0.234 e. The van der Waals surface area contributed by atoms with E-state index >= 15 is 0 Å². The smallest absolute Gasteiger partial charge is 0.234 e. The molecule has 4 heteroatoms. The molecule has 4 nitrogen and oxygen atoms in total. The van der Waals surface area contributed by atoms with Crippen LogP contribution in [-0.2, 0) is 9.53 Å². The zero-order valence-corrected chi connectivity index (χ0v) is 8.45. The summed E-state index contributed by atoms with van der Waals surface area (Å²) in [6, 6.07) is 1.99. The molecule has 1 fully saturated rings. The van der Waals surface area contributed by atoms with E-state index in [4.69, 9.17) is 10.00 Å². The summed E-state index contributed by atoms with van der Waals surface area (Å²) in [6.45, 7) is 3.55. The lowest BCUT2D eigenvalue weighted by atomic mass is 9.93. The van der Waals surface area contributed by atoms with Crippen molar-refractivity contribution in [2.24, 2.45) is 5.92 Å². The molecular weight excluding hydrogens is 180 g/mol. The second-order valence-electron chi connectivity index (χ2n) is 3.64. The lowest BCUT2D eigenvalue weighted by Gasteiger charge is -2.28. The number of ether oxygens (including phenoxy) is 1. The van der Waals surface area contributed by atoms with Gasteiger partial charge in [0, 0.05) is 19.3 Å². The minimum Gasteiger partial charge on any atom is -0.381 e. The van der Waals surface area contributed by atoms with E-state index in [0.717, 1.165) is 26.1 Å². The third-order valence-corrected chi connectivity index (χ3v) is 2.60. The molecule has 1 saturated heterocycles. The fourth-order valence-electron chi connectivity index (χ4n) is 1.71. The molecule has 1 aliphatic heterocycles. The molecule has 1 amide bonds. The Hall–Kier alpha value is -1.08. The Morgan fingerprint density at radius 1 is 1.64 bits per heavy atom. The van der Waals surface area contributed by atoms with Gasteiger partial charge in [0.15, 0.2) is 0 Å². The van der Waals surface area contributed by atoms with Crippen LogP contribution in [0.15, 0.2) is 0 Å². The van der Waals surface area contributed by atoms with E-state index in [1.807, 2.05) is 13.0 Å². The first-order chi connectivity index (χ1) is 6.74. The third-order valence-electron chi connectivity index (χ3n) is 2.60. The van der Waals surface area contributed by atoms with Crippen LogP contribution in [0.4, 0.5) is 0 Å². The van der Waals surface area contributed by atoms with Gasteiger partial charge in [0.2, 0.25) is 5.91 Å². The molecule has 0 spiro atoms. The third kappa shape index (κ3) is 3.35. The second kappa shape index (κ2) is 5.61. The largest absolute Gasteiger partial charge is 0.381 e. The highest BCUT2D eigenvalue weighted by molar-refractivity contribution is 5.78. The number of nitriles is 1. The molecule has 1 aliphatic rings. The molecule has 1 heterocycles. The molecule has 14 heavy (non-hydrogen) atoms. The standard InChI is InChI=1S/C10H16N2O2/c1-8(12-10(13)2-5-11)9-3-6-14-7-4-9/h8-9H,2-4,6-7H2,1H3,(H,12,13). The molecule has 1 atom stereocenters. The zero-order valence-electron chi connectivity index (χ0n) is 8.45. The van der Waals surface area contributed by atoms with Gasteiger partial charge in [-0.3, -0.25) is 4.79 Å². The Bertz CT molecular complexity index is 229. The molecule has 1 N–H and O–H groups in total. The minimum atomic E-state index is -0.175. The Balaban J connectivity index is 2.29. The molecular formula is C10H16N2O2. The quantitative estimate of drug-likeness (QED) is 0.727. The highest BCUT2D eigenvalue weighted by Crippen LogP contribution is 2.18. The van der Waals surface area contributed by atoms with Crippen LogP contribution < -0.4 is 5.32 Å². The number of carbonyl (C=O) groups is 1. The van der Waals surface area contributed by atoms with E-state index in [2.05, 4.69) is 5.32 Å². The van der Waals surface area contributed by atoms with Crippen LogP contribution in [-0.4, -0.2) is 25.2 Å². The van der Waals surface area contributed by atoms with Gasteiger partial charge in [-0.05, 0) is 25.7 Å². The van der Waals surface area contributed by atoms with Gasteiger partial charge in [0.05, 0.1) is 6.07 Å². The van der Waals surface area contributed by atoms with Crippen LogP contribution in [0.3, 0.4) is 0 Å². The van der Waals surface area contributed by atoms with Crippen LogP contribution in [0.2, 0.25) is 0 Å². The SMILES string of the molecule is CC(NC(=O)CC#N)C1CCOCC1. The Kier molecular flexibility index (Phi) is 4.41. The number of amides is 1. The molecule has 78 valence electrons. The van der Waals surface area contributed by atoms with E-state index in [1.54, 1.807) is 0 Å². The van der Waals surface area contributed by atoms with Gasteiger partial charge < -0.3 is 10.1 Å². The number of nitrogens with one attached hydrogen (secondary N) is 1. The summed E-state index contributed by atoms with van der Waals surface area (Å²) in [5, 5.41) is 11.2. The predicted octanol–water partition coefficient (Wildman–Crippen LogP) is 0.831. The monoisotopic (exact) mass is 196 g/mol. The summed E-state index contributed by atoms with van der Waals surface area (Å²) in [4.78, 5) is 11.1. The number of nitrogens with zero attached hydrogens (tertiary/aromatic N) is 1. The van der Waals surface area contributed by atoms with Crippen molar-refractivity contribution in [2.75, 3.05) is 13.2 Å². The van der Waals surface area contributed by atoms with E-state index in [1.165, 1.54) is 0 Å². The van der Waals surface area contributed by atoms with E-state index < -0.39 is 0 Å². The second-order valence-corrected chi connectivity index (χ2v) is 3.64. The fourth-order valence-corrected chi connectivity index (χ4v) is 1.71. The van der Waals surface area contributed by atoms with Gasteiger partial charge in [-0.1, -0.05) is 0 Å². The van der Waals surface area contributed by atoms with Gasteiger partial charge in [-0.2, -0.15) is 5.26 Å². The van der Waals surface area contributed by atoms with Gasteiger partial charge in [0.25, 0.3) is 0 Å². The van der Waals surface area contributed by atoms with Crippen LogP contribution >= 0.6 is 0 Å². The molecule has 0 aromatic carbocycles. The highest BCUT2D eigenvalue weighted by Gasteiger charge is 2.21. The van der Waals surface area contributed by atoms with Crippen molar-refractivity contribution in [3.8, 4) is 6.07 Å². The molecule has 0 aromatic rings. The first-order valence-electron chi connectivity index (χ1n) is 4.98. The average molecular weight is 196 g/mol. The summed E-state index contributed by atoms with van der Waals surface area (Å²) in [5.41, 5.74) is 0. The zero-order chi connectivity index (χ0) is 10.4. The Morgan fingerprint density at radius 3 is 2.86 bits per heavy atom. The van der Waals surface area contributed by atoms with Crippen molar-refractivity contribution in [3.05, 3.63) is 0 Å². The minimum absolute atomic E-state index is 0.0481. The maximum atomic E-state index is 11.1. The number of hydrogen-bond acceptors (Lipinski definition) is 3. The summed E-state index contributed by atoms with van der Waals surface area (Å²) >= 11 is 0. The number of carbonyl (C=O) groups excluding carboxylic acids is 1. The molecule has 0 bridgehead atoms. The fraction of sp³-hybridized carbons (Fsp3) is 0.800.